The van der Waals surface area contributed by atoms with Crippen molar-refractivity contribution in [1.29, 1.82) is 0 Å². The molecule has 1 atom stereocenters. The van der Waals surface area contributed by atoms with Gasteiger partial charge in [0.2, 0.25) is 0 Å². The largest absolute Gasteiger partial charge is 0.506 e. The van der Waals surface area contributed by atoms with Crippen LogP contribution < -0.4 is 0 Å². The summed E-state index contributed by atoms with van der Waals surface area (Å²) in [7, 11) is 1.65. The lowest BCUT2D eigenvalue weighted by molar-refractivity contribution is -0.645. The van der Waals surface area contributed by atoms with E-state index >= 15 is 0 Å². The molecule has 4 aliphatic carbocycles. The predicted molar refractivity (Wildman–Crippen MR) is 83.7 cm³/mol. The highest BCUT2D eigenvalue weighted by molar-refractivity contribution is 6.32. The predicted octanol–water partition coefficient (Wildman–Crippen LogP) is 4.00. The molecular formula is C18H21ClO4. The highest BCUT2D eigenvalue weighted by Gasteiger charge is 2.76. The molecule has 1 spiro atoms. The van der Waals surface area contributed by atoms with Crippen LogP contribution >= 0.6 is 11.6 Å². The number of hydrogen-bond acceptors (Lipinski definition) is 4. The first-order chi connectivity index (χ1) is 11.1. The Bertz CT molecular complexity index is 628. The fourth-order valence-corrected chi connectivity index (χ4v) is 6.35. The average Bonchev–Trinajstić information content (AvgIpc) is 2.50. The highest BCUT2D eigenvalue weighted by Crippen LogP contribution is 2.69. The van der Waals surface area contributed by atoms with Crippen LogP contribution in [-0.4, -0.2) is 17.8 Å². The minimum Gasteiger partial charge on any atom is -0.506 e. The summed E-state index contributed by atoms with van der Waals surface area (Å²) in [6.45, 7) is 0. The van der Waals surface area contributed by atoms with Gasteiger partial charge in [-0.2, -0.15) is 4.89 Å². The maximum Gasteiger partial charge on any atom is 0.262 e. The smallest absolute Gasteiger partial charge is 0.262 e. The van der Waals surface area contributed by atoms with Gasteiger partial charge in [0, 0.05) is 12.7 Å². The normalized spacial score (nSPS) is 47.0. The van der Waals surface area contributed by atoms with E-state index in [2.05, 4.69) is 0 Å². The molecular weight excluding hydrogens is 316 g/mol. The van der Waals surface area contributed by atoms with Gasteiger partial charge in [0.1, 0.15) is 5.75 Å². The van der Waals surface area contributed by atoms with Crippen LogP contribution in [-0.2, 0) is 20.3 Å². The van der Waals surface area contributed by atoms with Crippen molar-refractivity contribution in [2.24, 2.45) is 23.7 Å². The van der Waals surface area contributed by atoms with Crippen LogP contribution in [0.25, 0.3) is 0 Å². The Labute approximate surface area is 140 Å². The van der Waals surface area contributed by atoms with Crippen molar-refractivity contribution in [2.45, 2.75) is 43.5 Å². The molecule has 0 radical (unpaired) electrons. The molecule has 1 unspecified atom stereocenters. The van der Waals surface area contributed by atoms with E-state index in [-0.39, 0.29) is 5.75 Å². The van der Waals surface area contributed by atoms with Crippen molar-refractivity contribution in [1.82, 2.24) is 0 Å². The maximum absolute atomic E-state index is 10.0. The first kappa shape index (κ1) is 14.5. The molecule has 0 amide bonds. The zero-order valence-electron chi connectivity index (χ0n) is 13.1. The van der Waals surface area contributed by atoms with Crippen LogP contribution in [0.1, 0.15) is 37.7 Å². The monoisotopic (exact) mass is 336 g/mol. The molecule has 6 rings (SSSR count). The van der Waals surface area contributed by atoms with Crippen LogP contribution in [0.2, 0.25) is 5.02 Å². The van der Waals surface area contributed by atoms with Crippen LogP contribution in [0, 0.1) is 23.7 Å². The molecule has 4 bridgehead atoms. The number of phenols is 1. The summed E-state index contributed by atoms with van der Waals surface area (Å²) >= 11 is 6.40. The van der Waals surface area contributed by atoms with E-state index in [0.717, 1.165) is 11.8 Å². The number of aromatic hydroxyl groups is 1. The number of benzene rings is 1. The Morgan fingerprint density at radius 1 is 1.09 bits per heavy atom. The highest BCUT2D eigenvalue weighted by atomic mass is 35.5. The van der Waals surface area contributed by atoms with Crippen LogP contribution in [0.15, 0.2) is 18.2 Å². The van der Waals surface area contributed by atoms with Gasteiger partial charge in [0.15, 0.2) is 5.60 Å². The van der Waals surface area contributed by atoms with E-state index in [0.29, 0.717) is 22.4 Å². The van der Waals surface area contributed by atoms with E-state index in [1.807, 2.05) is 6.07 Å². The topological polar surface area (TPSA) is 47.9 Å². The molecule has 1 heterocycles. The SMILES string of the molecule is COC1(c2cccc(O)c2Cl)OOC12C1CC3CC(C1)CC2C3. The van der Waals surface area contributed by atoms with E-state index in [4.69, 9.17) is 26.1 Å². The molecule has 23 heavy (non-hydrogen) atoms. The van der Waals surface area contributed by atoms with E-state index < -0.39 is 11.4 Å². The molecule has 1 saturated heterocycles. The van der Waals surface area contributed by atoms with Crippen LogP contribution in [0.3, 0.4) is 0 Å². The zero-order valence-corrected chi connectivity index (χ0v) is 13.9. The third-order valence-corrected chi connectivity index (χ3v) is 7.18. The van der Waals surface area contributed by atoms with Gasteiger partial charge < -0.3 is 9.84 Å². The van der Waals surface area contributed by atoms with Crippen molar-refractivity contribution in [2.75, 3.05) is 7.11 Å². The second-order valence-electron chi connectivity index (χ2n) is 7.72. The fourth-order valence-electron chi connectivity index (χ4n) is 6.10. The third kappa shape index (κ3) is 1.58. The molecule has 5 fully saturated rings. The molecule has 1 aromatic rings. The summed E-state index contributed by atoms with van der Waals surface area (Å²) in [5.74, 6) is 1.56. The molecule has 0 aromatic heterocycles. The average molecular weight is 337 g/mol. The molecule has 124 valence electrons. The second-order valence-corrected chi connectivity index (χ2v) is 8.10. The number of phenolic OH excluding ortho intramolecular Hbond substituents is 1. The summed E-state index contributed by atoms with van der Waals surface area (Å²) < 4.78 is 5.93. The van der Waals surface area contributed by atoms with E-state index in [1.54, 1.807) is 19.2 Å². The van der Waals surface area contributed by atoms with E-state index in [1.165, 1.54) is 32.1 Å². The first-order valence-electron chi connectivity index (χ1n) is 8.50. The number of ether oxygens (including phenoxy) is 1. The molecule has 1 N–H and O–H groups in total. The van der Waals surface area contributed by atoms with Gasteiger partial charge in [-0.05, 0) is 61.8 Å². The Balaban J connectivity index is 1.65. The Hall–Kier alpha value is -0.810. The summed E-state index contributed by atoms with van der Waals surface area (Å²) in [6, 6.07) is 5.24. The first-order valence-corrected chi connectivity index (χ1v) is 8.88. The van der Waals surface area contributed by atoms with Gasteiger partial charge in [-0.3, -0.25) is 0 Å². The van der Waals surface area contributed by atoms with Gasteiger partial charge >= 0.3 is 0 Å². The summed E-state index contributed by atoms with van der Waals surface area (Å²) in [5.41, 5.74) is 0.215. The Morgan fingerprint density at radius 3 is 2.26 bits per heavy atom. The van der Waals surface area contributed by atoms with Gasteiger partial charge in [0.25, 0.3) is 5.79 Å². The fraction of sp³-hybridized carbons (Fsp3) is 0.667. The molecule has 5 aliphatic rings. The molecule has 5 heteroatoms. The van der Waals surface area contributed by atoms with Crippen molar-refractivity contribution >= 4 is 11.6 Å². The maximum atomic E-state index is 10.0. The zero-order chi connectivity index (χ0) is 15.8. The van der Waals surface area contributed by atoms with Crippen molar-refractivity contribution in [3.63, 3.8) is 0 Å². The standard InChI is InChI=1S/C18H21ClO4/c1-21-18(14-3-2-4-15(20)16(14)19)17(22-23-18)12-6-10-5-11(8-12)9-13(17)7-10/h2-4,10-13,20H,5-9H2,1H3. The lowest BCUT2D eigenvalue weighted by atomic mass is 9.47. The van der Waals surface area contributed by atoms with Crippen molar-refractivity contribution in [3.8, 4) is 5.75 Å². The van der Waals surface area contributed by atoms with Crippen molar-refractivity contribution in [3.05, 3.63) is 28.8 Å². The number of methoxy groups -OCH3 is 1. The van der Waals surface area contributed by atoms with Gasteiger partial charge in [-0.15, -0.1) is 0 Å². The van der Waals surface area contributed by atoms with Crippen LogP contribution in [0.4, 0.5) is 0 Å². The lowest BCUT2D eigenvalue weighted by Crippen LogP contribution is -2.76. The third-order valence-electron chi connectivity index (χ3n) is 6.78. The second kappa shape index (κ2) is 4.63. The molecule has 4 nitrogen and oxygen atoms in total. The van der Waals surface area contributed by atoms with E-state index in [9.17, 15) is 5.11 Å². The molecule has 1 aliphatic heterocycles. The Morgan fingerprint density at radius 2 is 1.74 bits per heavy atom. The number of halogens is 1. The quantitative estimate of drug-likeness (QED) is 0.829. The number of rotatable bonds is 2. The van der Waals surface area contributed by atoms with Crippen LogP contribution in [0.5, 0.6) is 5.75 Å². The lowest BCUT2D eigenvalue weighted by Gasteiger charge is -2.68. The minimum absolute atomic E-state index is 0.0510. The molecule has 4 saturated carbocycles. The van der Waals surface area contributed by atoms with Gasteiger partial charge in [0.05, 0.1) is 5.02 Å². The van der Waals surface area contributed by atoms with Gasteiger partial charge in [-0.25, -0.2) is 4.89 Å². The van der Waals surface area contributed by atoms with Gasteiger partial charge in [-0.1, -0.05) is 23.7 Å². The Kier molecular flexibility index (Phi) is 2.92. The molecule has 1 aromatic carbocycles. The summed E-state index contributed by atoms with van der Waals surface area (Å²) in [6.07, 6.45) is 6.09. The number of hydrogen-bond donors (Lipinski definition) is 1. The summed E-state index contributed by atoms with van der Waals surface area (Å²) in [4.78, 5) is 11.5. The summed E-state index contributed by atoms with van der Waals surface area (Å²) in [5, 5.41) is 10.3. The van der Waals surface area contributed by atoms with Crippen molar-refractivity contribution < 1.29 is 19.6 Å². The minimum atomic E-state index is -1.01.